The summed E-state index contributed by atoms with van der Waals surface area (Å²) in [4.78, 5) is 25.6. The van der Waals surface area contributed by atoms with Crippen molar-refractivity contribution in [2.24, 2.45) is 0 Å². The van der Waals surface area contributed by atoms with Gasteiger partial charge >= 0.3 is 18.5 Å². The van der Waals surface area contributed by atoms with Gasteiger partial charge in [0.25, 0.3) is 11.2 Å². The average Bonchev–Trinajstić information content (AvgIpc) is 2.71. The minimum absolute atomic E-state index is 0.0318. The lowest BCUT2D eigenvalue weighted by molar-refractivity contribution is -0.384. The molecule has 0 saturated heterocycles. The van der Waals surface area contributed by atoms with Crippen molar-refractivity contribution in [3.8, 4) is 5.69 Å². The van der Waals surface area contributed by atoms with Crippen LogP contribution in [0.5, 0.6) is 0 Å². The third-order valence-electron chi connectivity index (χ3n) is 4.43. The van der Waals surface area contributed by atoms with Gasteiger partial charge in [0.05, 0.1) is 27.4 Å². The van der Waals surface area contributed by atoms with Crippen molar-refractivity contribution in [2.45, 2.75) is 18.5 Å². The average molecular weight is 512 g/mol. The fraction of sp³-hybridized carbons (Fsp3) is 0.158. The number of nitrogens with one attached hydrogen (secondary N) is 1. The van der Waals surface area contributed by atoms with E-state index in [9.17, 15) is 54.4 Å². The maximum atomic E-state index is 13.5. The fourth-order valence-corrected chi connectivity index (χ4v) is 2.87. The molecule has 186 valence electrons. The monoisotopic (exact) mass is 512 g/mol. The van der Waals surface area contributed by atoms with Gasteiger partial charge in [-0.25, -0.2) is 9.55 Å². The second kappa shape index (κ2) is 8.59. The van der Waals surface area contributed by atoms with E-state index in [1.54, 1.807) is 0 Å². The zero-order chi connectivity index (χ0) is 26.3. The molecule has 3 rings (SSSR count). The molecule has 1 aromatic heterocycles. The zero-order valence-corrected chi connectivity index (χ0v) is 16.6. The molecule has 0 aliphatic rings. The van der Waals surface area contributed by atoms with Crippen molar-refractivity contribution < 1.29 is 44.4 Å². The molecule has 7 nitrogen and oxygen atoms in total. The van der Waals surface area contributed by atoms with Crippen LogP contribution in [0.2, 0.25) is 0 Å². The van der Waals surface area contributed by atoms with Crippen LogP contribution in [0.1, 0.15) is 16.8 Å². The summed E-state index contributed by atoms with van der Waals surface area (Å²) in [7, 11) is 0. The Hall–Kier alpha value is -4.11. The maximum Gasteiger partial charge on any atom is 0.433 e. The van der Waals surface area contributed by atoms with Gasteiger partial charge < -0.3 is 5.32 Å². The van der Waals surface area contributed by atoms with E-state index in [1.807, 2.05) is 5.32 Å². The lowest BCUT2D eigenvalue weighted by atomic mass is 10.1. The largest absolute Gasteiger partial charge is 0.433 e. The molecule has 3 aromatic rings. The van der Waals surface area contributed by atoms with Gasteiger partial charge in [0, 0.05) is 18.2 Å². The zero-order valence-electron chi connectivity index (χ0n) is 16.6. The number of nitrogens with zero attached hydrogens (tertiary/aromatic N) is 3. The highest BCUT2D eigenvalue weighted by Gasteiger charge is 2.39. The number of alkyl halides is 9. The molecule has 0 fully saturated rings. The highest BCUT2D eigenvalue weighted by molar-refractivity contribution is 5.62. The quantitative estimate of drug-likeness (QED) is 0.266. The first kappa shape index (κ1) is 25.5. The minimum Gasteiger partial charge on any atom is -0.325 e. The molecule has 2 aromatic carbocycles. The van der Waals surface area contributed by atoms with E-state index in [0.29, 0.717) is 10.6 Å². The van der Waals surface area contributed by atoms with Crippen molar-refractivity contribution in [2.75, 3.05) is 5.32 Å². The first-order valence-electron chi connectivity index (χ1n) is 9.00. The van der Waals surface area contributed by atoms with E-state index < -0.39 is 63.2 Å². The van der Waals surface area contributed by atoms with Crippen LogP contribution in [0.4, 0.5) is 56.8 Å². The first-order valence-corrected chi connectivity index (χ1v) is 9.00. The number of nitro groups is 1. The van der Waals surface area contributed by atoms with E-state index in [-0.39, 0.29) is 23.9 Å². The highest BCUT2D eigenvalue weighted by Crippen LogP contribution is 2.40. The Balaban J connectivity index is 2.25. The topological polar surface area (TPSA) is 90.1 Å². The van der Waals surface area contributed by atoms with Crippen LogP contribution in [0.3, 0.4) is 0 Å². The lowest BCUT2D eigenvalue weighted by Crippen LogP contribution is -2.26. The number of halogens is 9. The number of aromatic nitrogens is 2. The van der Waals surface area contributed by atoms with Gasteiger partial charge in [-0.2, -0.15) is 39.5 Å². The molecule has 0 unspecified atom stereocenters. The van der Waals surface area contributed by atoms with E-state index in [1.165, 1.54) is 0 Å². The van der Waals surface area contributed by atoms with E-state index in [2.05, 4.69) is 4.98 Å². The van der Waals surface area contributed by atoms with Crippen molar-refractivity contribution in [1.82, 2.24) is 9.55 Å². The second-order valence-corrected chi connectivity index (χ2v) is 6.79. The number of nitro benzene ring substituents is 1. The van der Waals surface area contributed by atoms with E-state index >= 15 is 0 Å². The molecule has 0 atom stereocenters. The normalized spacial score (nSPS) is 12.5. The highest BCUT2D eigenvalue weighted by atomic mass is 19.4. The molecule has 0 radical (unpaired) electrons. The minimum atomic E-state index is -5.39. The van der Waals surface area contributed by atoms with Crippen molar-refractivity contribution in [3.05, 3.63) is 85.8 Å². The smallest absolute Gasteiger partial charge is 0.325 e. The Bertz CT molecular complexity index is 1330. The summed E-state index contributed by atoms with van der Waals surface area (Å²) in [6.07, 6.45) is -15.8. The molecule has 1 N–H and O–H groups in total. The summed E-state index contributed by atoms with van der Waals surface area (Å²) in [5.41, 5.74) is -8.75. The molecule has 0 saturated carbocycles. The molecule has 0 amide bonds. The molecule has 0 bridgehead atoms. The molecule has 0 spiro atoms. The number of non-ortho nitro benzene ring substituents is 1. The Morgan fingerprint density at radius 1 is 0.829 bits per heavy atom. The van der Waals surface area contributed by atoms with Gasteiger partial charge in [0.1, 0.15) is 0 Å². The van der Waals surface area contributed by atoms with Crippen molar-refractivity contribution in [3.63, 3.8) is 0 Å². The lowest BCUT2D eigenvalue weighted by Gasteiger charge is -2.19. The van der Waals surface area contributed by atoms with Gasteiger partial charge in [-0.15, -0.1) is 0 Å². The van der Waals surface area contributed by atoms with Crippen LogP contribution in [-0.2, 0) is 18.5 Å². The summed E-state index contributed by atoms with van der Waals surface area (Å²) in [5.74, 6) is -1.14. The van der Waals surface area contributed by atoms with Crippen molar-refractivity contribution >= 4 is 17.3 Å². The number of rotatable bonds is 4. The molecule has 35 heavy (non-hydrogen) atoms. The van der Waals surface area contributed by atoms with Crippen LogP contribution in [0.25, 0.3) is 5.69 Å². The fourth-order valence-electron chi connectivity index (χ4n) is 2.87. The van der Waals surface area contributed by atoms with Gasteiger partial charge in [0.15, 0.2) is 5.69 Å². The molecule has 1 heterocycles. The standard InChI is InChI=1S/C19H9F9N4O3/c20-17(21,22)9-1-6-13(12(7-9)18(23,24)25)29-16-30-14(19(26,27)28)8-15(33)31(16)10-2-4-11(5-3-10)32(34)35/h1-8H,(H,29,30). The van der Waals surface area contributed by atoms with Gasteiger partial charge in [-0.3, -0.25) is 14.9 Å². The van der Waals surface area contributed by atoms with Crippen LogP contribution in [0.15, 0.2) is 53.3 Å². The van der Waals surface area contributed by atoms with Crippen LogP contribution < -0.4 is 10.9 Å². The van der Waals surface area contributed by atoms with Gasteiger partial charge in [-0.1, -0.05) is 0 Å². The Labute approximate surface area is 187 Å². The van der Waals surface area contributed by atoms with Crippen LogP contribution in [-0.4, -0.2) is 14.5 Å². The van der Waals surface area contributed by atoms with Crippen LogP contribution in [0, 0.1) is 10.1 Å². The predicted octanol–water partition coefficient (Wildman–Crippen LogP) is 5.94. The summed E-state index contributed by atoms with van der Waals surface area (Å²) < 4.78 is 119. The molecule has 0 aliphatic carbocycles. The third-order valence-corrected chi connectivity index (χ3v) is 4.43. The third kappa shape index (κ3) is 5.52. The van der Waals surface area contributed by atoms with Crippen molar-refractivity contribution in [1.29, 1.82) is 0 Å². The molecular weight excluding hydrogens is 503 g/mol. The summed E-state index contributed by atoms with van der Waals surface area (Å²) >= 11 is 0. The molecule has 16 heteroatoms. The Morgan fingerprint density at radius 3 is 1.91 bits per heavy atom. The molecule has 0 aliphatic heterocycles. The molecular formula is C19H9F9N4O3. The maximum absolute atomic E-state index is 13.5. The Kier molecular flexibility index (Phi) is 6.26. The Morgan fingerprint density at radius 2 is 1.43 bits per heavy atom. The SMILES string of the molecule is O=c1cc(C(F)(F)F)nc(Nc2ccc(C(F)(F)F)cc2C(F)(F)F)n1-c1ccc([N+](=O)[O-])cc1. The predicted molar refractivity (Wildman–Crippen MR) is 101 cm³/mol. The van der Waals surface area contributed by atoms with Gasteiger partial charge in [0.2, 0.25) is 5.95 Å². The second-order valence-electron chi connectivity index (χ2n) is 6.79. The number of hydrogen-bond donors (Lipinski definition) is 1. The van der Waals surface area contributed by atoms with Gasteiger partial charge in [-0.05, 0) is 30.3 Å². The van der Waals surface area contributed by atoms with Crippen LogP contribution >= 0.6 is 0 Å². The summed E-state index contributed by atoms with van der Waals surface area (Å²) in [6, 6.07) is 3.89. The van der Waals surface area contributed by atoms with E-state index in [4.69, 9.17) is 0 Å². The van der Waals surface area contributed by atoms with E-state index in [0.717, 1.165) is 24.3 Å². The first-order chi connectivity index (χ1) is 16.0. The number of hydrogen-bond acceptors (Lipinski definition) is 5. The number of anilines is 2. The summed E-state index contributed by atoms with van der Waals surface area (Å²) in [5, 5.41) is 12.7. The number of benzene rings is 2. The summed E-state index contributed by atoms with van der Waals surface area (Å²) in [6.45, 7) is 0.